The Morgan fingerprint density at radius 3 is 2.49 bits per heavy atom. The highest BCUT2D eigenvalue weighted by Gasteiger charge is 2.25. The summed E-state index contributed by atoms with van der Waals surface area (Å²) in [5, 5.41) is 5.68. The van der Waals surface area contributed by atoms with E-state index in [0.29, 0.717) is 29.8 Å². The van der Waals surface area contributed by atoms with Crippen LogP contribution in [-0.2, 0) is 16.1 Å². The third kappa shape index (κ3) is 10.2. The van der Waals surface area contributed by atoms with Crippen LogP contribution in [-0.4, -0.2) is 40.1 Å². The smallest absolute Gasteiger partial charge is 0.408 e. The molecular weight excluding hydrogens is 462 g/mol. The molecule has 0 unspecified atom stereocenters. The van der Waals surface area contributed by atoms with Gasteiger partial charge < -0.3 is 20.1 Å². The van der Waals surface area contributed by atoms with E-state index in [1.807, 2.05) is 36.4 Å². The van der Waals surface area contributed by atoms with E-state index in [4.69, 9.17) is 9.47 Å². The number of thioether (sulfide) groups is 1. The lowest BCUT2D eigenvalue weighted by Gasteiger charge is -2.24. The molecule has 2 aromatic rings. The monoisotopic (exact) mass is 499 g/mol. The third-order valence-corrected chi connectivity index (χ3v) is 6.88. The summed E-state index contributed by atoms with van der Waals surface area (Å²) in [4.78, 5) is 29.6. The van der Waals surface area contributed by atoms with Crippen molar-refractivity contribution in [2.24, 2.45) is 5.92 Å². The highest BCUT2D eigenvalue weighted by molar-refractivity contribution is 7.99. The van der Waals surface area contributed by atoms with E-state index in [0.717, 1.165) is 11.3 Å². The number of benzene rings is 1. The average molecular weight is 500 g/mol. The largest absolute Gasteiger partial charge is 0.444 e. The molecule has 1 fully saturated rings. The fourth-order valence-electron chi connectivity index (χ4n) is 3.84. The molecule has 1 aromatic heterocycles. The molecule has 1 aliphatic carbocycles. The fraction of sp³-hybridized carbons (Fsp3) is 0.519. The molecule has 1 aliphatic rings. The Labute approximate surface area is 212 Å². The number of carbonyl (C=O) groups is 2. The summed E-state index contributed by atoms with van der Waals surface area (Å²) in [5.41, 5.74) is 0.208. The number of hydrogen-bond acceptors (Lipinski definition) is 6. The van der Waals surface area contributed by atoms with Gasteiger partial charge in [-0.2, -0.15) is 11.8 Å². The van der Waals surface area contributed by atoms with Crippen molar-refractivity contribution in [2.45, 2.75) is 71.1 Å². The number of amides is 2. The summed E-state index contributed by atoms with van der Waals surface area (Å²) in [7, 11) is 0. The Bertz CT molecular complexity index is 926. The molecule has 190 valence electrons. The maximum atomic E-state index is 13.0. The zero-order valence-electron chi connectivity index (χ0n) is 20.9. The zero-order chi connectivity index (χ0) is 25.1. The quantitative estimate of drug-likeness (QED) is 0.436. The second-order valence-electron chi connectivity index (χ2n) is 9.88. The molecule has 0 aliphatic heterocycles. The van der Waals surface area contributed by atoms with Gasteiger partial charge >= 0.3 is 6.09 Å². The van der Waals surface area contributed by atoms with E-state index in [1.165, 1.54) is 32.1 Å². The van der Waals surface area contributed by atoms with Crippen molar-refractivity contribution >= 4 is 23.8 Å². The Morgan fingerprint density at radius 1 is 1.09 bits per heavy atom. The first-order valence-electron chi connectivity index (χ1n) is 12.3. The predicted octanol–water partition coefficient (Wildman–Crippen LogP) is 5.70. The van der Waals surface area contributed by atoms with Crippen molar-refractivity contribution in [3.05, 3.63) is 54.2 Å². The second-order valence-corrected chi connectivity index (χ2v) is 11.0. The number of para-hydroxylation sites is 1. The SMILES string of the molecule is CC(C)(C)OC(=O)N[C@@H](CSCC1CCCCC1)C(=O)NCc1ccc(Oc2ccccc2)nc1. The molecule has 1 saturated carbocycles. The van der Waals surface area contributed by atoms with E-state index < -0.39 is 17.7 Å². The van der Waals surface area contributed by atoms with Gasteiger partial charge in [-0.05, 0) is 63.0 Å². The van der Waals surface area contributed by atoms with E-state index in [2.05, 4.69) is 15.6 Å². The van der Waals surface area contributed by atoms with Crippen LogP contribution in [0, 0.1) is 5.92 Å². The molecule has 0 saturated heterocycles. The summed E-state index contributed by atoms with van der Waals surface area (Å²) >= 11 is 1.72. The molecule has 8 heteroatoms. The summed E-state index contributed by atoms with van der Waals surface area (Å²) in [6.45, 7) is 5.71. The maximum absolute atomic E-state index is 13.0. The number of carbonyl (C=O) groups excluding carboxylic acids is 2. The van der Waals surface area contributed by atoms with Crippen molar-refractivity contribution in [3.8, 4) is 11.6 Å². The standard InChI is InChI=1S/C27H37N3O4S/c1-27(2,3)34-26(32)30-23(19-35-18-20-10-6-4-7-11-20)25(31)29-17-21-14-15-24(28-16-21)33-22-12-8-5-9-13-22/h5,8-9,12-16,20,23H,4,6-7,10-11,17-19H2,1-3H3,(H,29,31)(H,30,32)/t23-/m0/s1. The number of aromatic nitrogens is 1. The van der Waals surface area contributed by atoms with Gasteiger partial charge in [-0.15, -0.1) is 0 Å². The van der Waals surface area contributed by atoms with Gasteiger partial charge in [-0.3, -0.25) is 4.79 Å². The van der Waals surface area contributed by atoms with Crippen LogP contribution in [0.1, 0.15) is 58.4 Å². The van der Waals surface area contributed by atoms with Crippen LogP contribution in [0.4, 0.5) is 4.79 Å². The van der Waals surface area contributed by atoms with Crippen molar-refractivity contribution in [3.63, 3.8) is 0 Å². The second kappa shape index (κ2) is 13.4. The molecule has 1 aromatic carbocycles. The first-order valence-corrected chi connectivity index (χ1v) is 13.5. The van der Waals surface area contributed by atoms with E-state index in [-0.39, 0.29) is 5.91 Å². The Morgan fingerprint density at radius 2 is 1.83 bits per heavy atom. The Hall–Kier alpha value is -2.74. The topological polar surface area (TPSA) is 89.5 Å². The molecule has 3 rings (SSSR count). The number of rotatable bonds is 10. The van der Waals surface area contributed by atoms with Gasteiger partial charge in [-0.1, -0.05) is 43.5 Å². The number of nitrogens with one attached hydrogen (secondary N) is 2. The van der Waals surface area contributed by atoms with Crippen LogP contribution in [0.2, 0.25) is 0 Å². The first kappa shape index (κ1) is 26.9. The van der Waals surface area contributed by atoms with Crippen LogP contribution in [0.5, 0.6) is 11.6 Å². The summed E-state index contributed by atoms with van der Waals surface area (Å²) in [5.74, 6) is 3.16. The number of alkyl carbamates (subject to hydrolysis) is 1. The first-order chi connectivity index (χ1) is 16.8. The average Bonchev–Trinajstić information content (AvgIpc) is 2.83. The van der Waals surface area contributed by atoms with E-state index >= 15 is 0 Å². The number of pyridine rings is 1. The van der Waals surface area contributed by atoms with Gasteiger partial charge in [0.25, 0.3) is 0 Å². The Balaban J connectivity index is 1.52. The number of hydrogen-bond donors (Lipinski definition) is 2. The fourth-order valence-corrected chi connectivity index (χ4v) is 5.11. The molecule has 0 radical (unpaired) electrons. The summed E-state index contributed by atoms with van der Waals surface area (Å²) in [6.07, 6.45) is 7.48. The molecular formula is C27H37N3O4S. The molecule has 2 N–H and O–H groups in total. The van der Waals surface area contributed by atoms with Crippen LogP contribution in [0.15, 0.2) is 48.7 Å². The van der Waals surface area contributed by atoms with Crippen molar-refractivity contribution in [1.82, 2.24) is 15.6 Å². The van der Waals surface area contributed by atoms with Crippen LogP contribution in [0.25, 0.3) is 0 Å². The Kier molecular flexibility index (Phi) is 10.3. The number of ether oxygens (including phenoxy) is 2. The van der Waals surface area contributed by atoms with Crippen LogP contribution < -0.4 is 15.4 Å². The van der Waals surface area contributed by atoms with Gasteiger partial charge in [-0.25, -0.2) is 9.78 Å². The maximum Gasteiger partial charge on any atom is 0.408 e. The minimum atomic E-state index is -0.674. The minimum Gasteiger partial charge on any atom is -0.444 e. The van der Waals surface area contributed by atoms with E-state index in [9.17, 15) is 9.59 Å². The van der Waals surface area contributed by atoms with Gasteiger partial charge in [0.2, 0.25) is 11.8 Å². The third-order valence-electron chi connectivity index (χ3n) is 5.60. The molecule has 7 nitrogen and oxygen atoms in total. The van der Waals surface area contributed by atoms with Crippen LogP contribution in [0.3, 0.4) is 0 Å². The normalized spacial score (nSPS) is 15.2. The van der Waals surface area contributed by atoms with Crippen molar-refractivity contribution in [2.75, 3.05) is 11.5 Å². The van der Waals surface area contributed by atoms with E-state index in [1.54, 1.807) is 44.8 Å². The van der Waals surface area contributed by atoms with Crippen molar-refractivity contribution in [1.29, 1.82) is 0 Å². The van der Waals surface area contributed by atoms with Gasteiger partial charge in [0.05, 0.1) is 0 Å². The molecule has 0 bridgehead atoms. The molecule has 0 spiro atoms. The molecule has 1 atom stereocenters. The number of nitrogens with zero attached hydrogens (tertiary/aromatic N) is 1. The summed E-state index contributed by atoms with van der Waals surface area (Å²) in [6, 6.07) is 12.4. The lowest BCUT2D eigenvalue weighted by Crippen LogP contribution is -2.49. The van der Waals surface area contributed by atoms with Gasteiger partial charge in [0.15, 0.2) is 0 Å². The molecule has 2 amide bonds. The predicted molar refractivity (Wildman–Crippen MR) is 140 cm³/mol. The highest BCUT2D eigenvalue weighted by Crippen LogP contribution is 2.27. The molecule has 1 heterocycles. The van der Waals surface area contributed by atoms with Crippen molar-refractivity contribution < 1.29 is 19.1 Å². The lowest BCUT2D eigenvalue weighted by molar-refractivity contribution is -0.122. The van der Waals surface area contributed by atoms with Gasteiger partial charge in [0, 0.05) is 24.6 Å². The van der Waals surface area contributed by atoms with Gasteiger partial charge in [0.1, 0.15) is 17.4 Å². The lowest BCUT2D eigenvalue weighted by atomic mass is 9.91. The highest BCUT2D eigenvalue weighted by atomic mass is 32.2. The zero-order valence-corrected chi connectivity index (χ0v) is 21.7. The van der Waals surface area contributed by atoms with Crippen LogP contribution >= 0.6 is 11.8 Å². The minimum absolute atomic E-state index is 0.239. The summed E-state index contributed by atoms with van der Waals surface area (Å²) < 4.78 is 11.1. The molecule has 35 heavy (non-hydrogen) atoms.